The van der Waals surface area contributed by atoms with Gasteiger partial charge in [0.25, 0.3) is 11.8 Å². The van der Waals surface area contributed by atoms with E-state index in [0.717, 1.165) is 99.1 Å². The van der Waals surface area contributed by atoms with Crippen LogP contribution < -0.4 is 5.32 Å². The van der Waals surface area contributed by atoms with Crippen LogP contribution in [0, 0.1) is 17.2 Å². The third kappa shape index (κ3) is 6.73. The molecule has 2 N–H and O–H groups in total. The number of rotatable bonds is 9. The lowest BCUT2D eigenvalue weighted by atomic mass is 9.67. The normalized spacial score (nSPS) is 23.3. The van der Waals surface area contributed by atoms with Gasteiger partial charge < -0.3 is 20.0 Å². The van der Waals surface area contributed by atoms with Crippen LogP contribution in [0.2, 0.25) is 0 Å². The van der Waals surface area contributed by atoms with Gasteiger partial charge in [0, 0.05) is 61.6 Å². The van der Waals surface area contributed by atoms with Gasteiger partial charge in [0.05, 0.1) is 11.5 Å². The van der Waals surface area contributed by atoms with Crippen molar-refractivity contribution in [2.24, 2.45) is 5.92 Å². The summed E-state index contributed by atoms with van der Waals surface area (Å²) in [6, 6.07) is 14.9. The Morgan fingerprint density at radius 3 is 2.00 bits per heavy atom. The van der Waals surface area contributed by atoms with Crippen molar-refractivity contribution in [2.45, 2.75) is 109 Å². The van der Waals surface area contributed by atoms with Crippen molar-refractivity contribution < 1.29 is 9.59 Å². The van der Waals surface area contributed by atoms with Crippen LogP contribution in [0.3, 0.4) is 0 Å². The number of nitrogens with zero attached hydrogens (tertiary/aromatic N) is 7. The summed E-state index contributed by atoms with van der Waals surface area (Å²) >= 11 is 0. The number of fused-ring (bicyclic) bond motifs is 2. The molecule has 3 saturated heterocycles. The van der Waals surface area contributed by atoms with Crippen LogP contribution in [0.15, 0.2) is 48.7 Å². The zero-order chi connectivity index (χ0) is 36.4. The second-order valence-electron chi connectivity index (χ2n) is 15.7. The number of carbonyl (C=O) groups is 2. The first-order valence-electron chi connectivity index (χ1n) is 19.4. The third-order valence-corrected chi connectivity index (χ3v) is 12.3. The Balaban J connectivity index is 1.27. The summed E-state index contributed by atoms with van der Waals surface area (Å²) in [5.41, 5.74) is 5.83. The van der Waals surface area contributed by atoms with E-state index < -0.39 is 5.41 Å². The minimum atomic E-state index is -0.803. The first-order chi connectivity index (χ1) is 25.2. The highest BCUT2D eigenvalue weighted by molar-refractivity contribution is 5.95. The molecule has 1 aromatic heterocycles. The fourth-order valence-corrected chi connectivity index (χ4v) is 9.34. The molecular formula is C41H53N9O2. The molecule has 4 atom stereocenters. The van der Waals surface area contributed by atoms with Crippen molar-refractivity contribution in [1.29, 1.82) is 5.26 Å². The number of aromatic nitrogens is 4. The lowest BCUT2D eigenvalue weighted by Gasteiger charge is -2.37. The molecule has 0 radical (unpaired) electrons. The molecule has 1 aliphatic carbocycles. The second-order valence-corrected chi connectivity index (χ2v) is 15.7. The number of tetrazole rings is 1. The molecular weight excluding hydrogens is 651 g/mol. The van der Waals surface area contributed by atoms with Crippen LogP contribution in [-0.4, -0.2) is 98.0 Å². The van der Waals surface area contributed by atoms with Crippen LogP contribution >= 0.6 is 0 Å². The number of piperidine rings is 2. The number of aryl methyl sites for hydroxylation is 2. The van der Waals surface area contributed by atoms with E-state index in [4.69, 9.17) is 0 Å². The Morgan fingerprint density at radius 2 is 1.50 bits per heavy atom. The molecule has 274 valence electrons. The van der Waals surface area contributed by atoms with Gasteiger partial charge >= 0.3 is 0 Å². The molecule has 0 saturated carbocycles. The molecule has 3 aliphatic heterocycles. The van der Waals surface area contributed by atoms with Gasteiger partial charge in [-0.2, -0.15) is 5.26 Å². The molecule has 2 amide bonds. The maximum absolute atomic E-state index is 13.8. The summed E-state index contributed by atoms with van der Waals surface area (Å²) in [4.78, 5) is 33.7. The van der Waals surface area contributed by atoms with E-state index in [1.807, 2.05) is 21.9 Å². The molecule has 52 heavy (non-hydrogen) atoms. The van der Waals surface area contributed by atoms with Crippen molar-refractivity contribution in [3.05, 3.63) is 87.9 Å². The smallest absolute Gasteiger partial charge is 0.253 e. The van der Waals surface area contributed by atoms with Gasteiger partial charge in [0.2, 0.25) is 0 Å². The first-order valence-corrected chi connectivity index (χ1v) is 19.4. The number of nitriles is 1. The monoisotopic (exact) mass is 703 g/mol. The predicted molar refractivity (Wildman–Crippen MR) is 200 cm³/mol. The number of hydrogen-bond acceptors (Lipinski definition) is 8. The Labute approximate surface area is 307 Å². The van der Waals surface area contributed by atoms with Gasteiger partial charge in [-0.15, -0.1) is 5.10 Å². The second kappa shape index (κ2) is 15.2. The molecule has 0 bridgehead atoms. The largest absolute Gasteiger partial charge is 0.355 e. The Kier molecular flexibility index (Phi) is 10.5. The summed E-state index contributed by atoms with van der Waals surface area (Å²) in [5.74, 6) is 1.21. The van der Waals surface area contributed by atoms with Crippen LogP contribution in [0.5, 0.6) is 0 Å². The number of nitrogens with one attached hydrogen (secondary N) is 2. The van der Waals surface area contributed by atoms with Gasteiger partial charge in [-0.05, 0) is 141 Å². The number of aromatic amines is 1. The summed E-state index contributed by atoms with van der Waals surface area (Å²) in [6.07, 6.45) is 9.35. The molecule has 4 heterocycles. The quantitative estimate of drug-likeness (QED) is 0.303. The number of hydrogen-bond donors (Lipinski definition) is 2. The molecule has 3 aromatic rings. The van der Waals surface area contributed by atoms with E-state index in [1.54, 1.807) is 0 Å². The van der Waals surface area contributed by atoms with E-state index in [9.17, 15) is 14.9 Å². The van der Waals surface area contributed by atoms with Gasteiger partial charge in [-0.1, -0.05) is 25.6 Å². The fraction of sp³-hybridized carbons (Fsp3) is 0.561. The number of carbonyl (C=O) groups excluding carboxylic acids is 2. The van der Waals surface area contributed by atoms with Crippen molar-refractivity contribution in [3.8, 4) is 6.07 Å². The minimum absolute atomic E-state index is 0.0409. The highest BCUT2D eigenvalue weighted by Gasteiger charge is 2.46. The van der Waals surface area contributed by atoms with Gasteiger partial charge in [0.15, 0.2) is 5.82 Å². The first kappa shape index (κ1) is 35.8. The van der Waals surface area contributed by atoms with Crippen LogP contribution in [0.25, 0.3) is 0 Å². The molecule has 3 fully saturated rings. The van der Waals surface area contributed by atoms with E-state index in [1.165, 1.54) is 0 Å². The zero-order valence-electron chi connectivity index (χ0n) is 31.0. The standard InChI is InChI=1S/C41H53N9O2/c1-27-21-35(25-42)50(30(27)4)29(3)26-43-28(2)24-41(40-44-46-47-45-40)36-15-13-33(38(51)48-17-7-5-8-18-48)22-31(36)11-12-32-23-34(14-16-37(32)41)39(52)49-19-9-6-10-20-49/h13-16,22-23,27-28,30,35,43H,3,5-12,17-21,24,26H2,1-2,4H3,(H,44,45,46,47)/t27-,28-,30?,35?/m0/s1. The van der Waals surface area contributed by atoms with E-state index in [0.29, 0.717) is 48.7 Å². The maximum atomic E-state index is 13.8. The summed E-state index contributed by atoms with van der Waals surface area (Å²) in [5, 5.41) is 29.6. The lowest BCUT2D eigenvalue weighted by Crippen LogP contribution is -2.43. The average molecular weight is 704 g/mol. The number of likely N-dealkylation sites (tertiary alicyclic amines) is 3. The summed E-state index contributed by atoms with van der Waals surface area (Å²) in [6.45, 7) is 14.7. The Hall–Kier alpha value is -4.56. The zero-order valence-corrected chi connectivity index (χ0v) is 31.0. The SMILES string of the molecule is C=C(CN[C@@H](C)CC1(c2nnn[nH]2)c2ccc(C(=O)N3CCCCC3)cc2CCc2cc(C(=O)N3CCCCC3)ccc21)N1C(C#N)C[C@H](C)C1C. The molecule has 11 heteroatoms. The molecule has 2 unspecified atom stereocenters. The average Bonchev–Trinajstić information content (AvgIpc) is 3.80. The van der Waals surface area contributed by atoms with E-state index in [-0.39, 0.29) is 29.9 Å². The van der Waals surface area contributed by atoms with Crippen LogP contribution in [0.4, 0.5) is 0 Å². The lowest BCUT2D eigenvalue weighted by molar-refractivity contribution is 0.0717. The van der Waals surface area contributed by atoms with Crippen molar-refractivity contribution in [2.75, 3.05) is 32.7 Å². The minimum Gasteiger partial charge on any atom is -0.355 e. The molecule has 2 aromatic carbocycles. The summed E-state index contributed by atoms with van der Waals surface area (Å²) in [7, 11) is 0. The molecule has 0 spiro atoms. The molecule has 11 nitrogen and oxygen atoms in total. The fourth-order valence-electron chi connectivity index (χ4n) is 9.34. The van der Waals surface area contributed by atoms with Crippen LogP contribution in [-0.2, 0) is 18.3 Å². The highest BCUT2D eigenvalue weighted by Crippen LogP contribution is 2.47. The van der Waals surface area contributed by atoms with Gasteiger partial charge in [-0.3, -0.25) is 9.59 Å². The van der Waals surface area contributed by atoms with Crippen LogP contribution in [0.1, 0.15) is 121 Å². The molecule has 7 rings (SSSR count). The van der Waals surface area contributed by atoms with E-state index >= 15 is 0 Å². The number of amides is 2. The third-order valence-electron chi connectivity index (χ3n) is 12.3. The predicted octanol–water partition coefficient (Wildman–Crippen LogP) is 5.39. The van der Waals surface area contributed by atoms with E-state index in [2.05, 4.69) is 88.5 Å². The topological polar surface area (TPSA) is 134 Å². The van der Waals surface area contributed by atoms with Gasteiger partial charge in [0.1, 0.15) is 6.04 Å². The Morgan fingerprint density at radius 1 is 0.942 bits per heavy atom. The van der Waals surface area contributed by atoms with Crippen molar-refractivity contribution >= 4 is 11.8 Å². The van der Waals surface area contributed by atoms with Crippen molar-refractivity contribution in [3.63, 3.8) is 0 Å². The molecule has 4 aliphatic rings. The number of benzene rings is 2. The highest BCUT2D eigenvalue weighted by atomic mass is 16.2. The Bertz CT molecular complexity index is 1740. The summed E-state index contributed by atoms with van der Waals surface area (Å²) < 4.78 is 0. The maximum Gasteiger partial charge on any atom is 0.253 e. The van der Waals surface area contributed by atoms with Crippen molar-refractivity contribution in [1.82, 2.24) is 40.6 Å². The van der Waals surface area contributed by atoms with Gasteiger partial charge in [-0.25, -0.2) is 5.10 Å². The number of H-pyrrole nitrogens is 1.